The number of halogens is 3. The van der Waals surface area contributed by atoms with Crippen LogP contribution in [0.25, 0.3) is 0 Å². The molecule has 0 spiro atoms. The fourth-order valence-electron chi connectivity index (χ4n) is 0.893. The van der Waals surface area contributed by atoms with Crippen LogP contribution in [0.1, 0.15) is 18.5 Å². The number of hydrogen-bond acceptors (Lipinski definition) is 1. The third-order valence-electron chi connectivity index (χ3n) is 1.56. The van der Waals surface area contributed by atoms with Crippen molar-refractivity contribution in [3.05, 3.63) is 31.3 Å². The Morgan fingerprint density at radius 2 is 1.92 bits per heavy atom. The Morgan fingerprint density at radius 3 is 2.42 bits per heavy atom. The molecule has 0 unspecified atom stereocenters. The van der Waals surface area contributed by atoms with Crippen molar-refractivity contribution in [3.63, 3.8) is 0 Å². The van der Waals surface area contributed by atoms with E-state index in [1.807, 2.05) is 19.1 Å². The summed E-state index contributed by atoms with van der Waals surface area (Å²) in [6, 6.07) is 3.74. The summed E-state index contributed by atoms with van der Waals surface area (Å²) in [5.41, 5.74) is 6.58. The van der Waals surface area contributed by atoms with Gasteiger partial charge in [0.2, 0.25) is 0 Å². The maximum atomic E-state index is 5.98. The highest BCUT2D eigenvalue weighted by atomic mass is 127. The highest BCUT2D eigenvalue weighted by Crippen LogP contribution is 2.32. The fraction of sp³-hybridized carbons (Fsp3) is 0.250. The molecule has 0 radical (unpaired) electrons. The number of rotatable bonds is 1. The second-order valence-corrected chi connectivity index (χ2v) is 4.47. The molecule has 0 amide bonds. The summed E-state index contributed by atoms with van der Waals surface area (Å²) in [5.74, 6) is 0. The first-order valence-electron chi connectivity index (χ1n) is 3.43. The van der Waals surface area contributed by atoms with E-state index >= 15 is 0 Å². The smallest absolute Gasteiger partial charge is 0.0729 e. The average molecular weight is 316 g/mol. The van der Waals surface area contributed by atoms with E-state index in [9.17, 15) is 0 Å². The first kappa shape index (κ1) is 10.6. The van der Waals surface area contributed by atoms with Gasteiger partial charge in [-0.2, -0.15) is 0 Å². The molecule has 0 saturated heterocycles. The van der Waals surface area contributed by atoms with Crippen molar-refractivity contribution < 1.29 is 0 Å². The summed E-state index contributed by atoms with van der Waals surface area (Å²) in [4.78, 5) is 0. The van der Waals surface area contributed by atoms with E-state index in [0.717, 1.165) is 9.13 Å². The van der Waals surface area contributed by atoms with Crippen LogP contribution < -0.4 is 5.73 Å². The van der Waals surface area contributed by atoms with Crippen LogP contribution in [0.3, 0.4) is 0 Å². The third kappa shape index (κ3) is 2.05. The largest absolute Gasteiger partial charge is 0.324 e. The van der Waals surface area contributed by atoms with Gasteiger partial charge >= 0.3 is 0 Å². The topological polar surface area (TPSA) is 26.0 Å². The van der Waals surface area contributed by atoms with Crippen molar-refractivity contribution in [3.8, 4) is 0 Å². The van der Waals surface area contributed by atoms with Gasteiger partial charge in [-0.3, -0.25) is 0 Å². The molecular weight excluding hydrogens is 308 g/mol. The van der Waals surface area contributed by atoms with Gasteiger partial charge in [-0.05, 0) is 41.1 Å². The van der Waals surface area contributed by atoms with Gasteiger partial charge in [0.05, 0.1) is 10.0 Å². The second-order valence-electron chi connectivity index (χ2n) is 2.55. The predicted molar refractivity (Wildman–Crippen MR) is 61.8 cm³/mol. The van der Waals surface area contributed by atoms with Crippen molar-refractivity contribution in [2.45, 2.75) is 13.0 Å². The zero-order valence-electron chi connectivity index (χ0n) is 6.44. The van der Waals surface area contributed by atoms with Crippen LogP contribution in [-0.2, 0) is 0 Å². The molecule has 1 atom stereocenters. The average Bonchev–Trinajstić information content (AvgIpc) is 2.00. The van der Waals surface area contributed by atoms with E-state index in [0.29, 0.717) is 10.0 Å². The van der Waals surface area contributed by atoms with E-state index in [1.165, 1.54) is 0 Å². The second kappa shape index (κ2) is 4.13. The minimum absolute atomic E-state index is 0.0769. The van der Waals surface area contributed by atoms with Gasteiger partial charge in [0.1, 0.15) is 0 Å². The maximum Gasteiger partial charge on any atom is 0.0729 e. The molecule has 1 aromatic rings. The van der Waals surface area contributed by atoms with Gasteiger partial charge in [-0.15, -0.1) is 0 Å². The molecule has 1 aromatic carbocycles. The number of benzene rings is 1. The molecule has 0 saturated carbocycles. The van der Waals surface area contributed by atoms with E-state index in [2.05, 4.69) is 22.6 Å². The van der Waals surface area contributed by atoms with Crippen LogP contribution in [0.15, 0.2) is 12.1 Å². The molecule has 4 heteroatoms. The van der Waals surface area contributed by atoms with Gasteiger partial charge in [0, 0.05) is 9.61 Å². The number of hydrogen-bond donors (Lipinski definition) is 1. The summed E-state index contributed by atoms with van der Waals surface area (Å²) in [6.45, 7) is 1.88. The Morgan fingerprint density at radius 1 is 1.33 bits per heavy atom. The Balaban J connectivity index is 3.27. The zero-order chi connectivity index (χ0) is 9.30. The Labute approximate surface area is 95.4 Å². The van der Waals surface area contributed by atoms with Crippen LogP contribution in [-0.4, -0.2) is 0 Å². The first-order chi connectivity index (χ1) is 5.54. The normalized spacial score (nSPS) is 13.1. The SMILES string of the molecule is C[C@H](N)c1ccc(I)c(Cl)c1Cl. The molecule has 2 N–H and O–H groups in total. The minimum atomic E-state index is -0.0769. The molecule has 0 bridgehead atoms. The number of nitrogens with two attached hydrogens (primary N) is 1. The van der Waals surface area contributed by atoms with Crippen LogP contribution in [0, 0.1) is 3.57 Å². The predicted octanol–water partition coefficient (Wildman–Crippen LogP) is 3.62. The molecule has 0 aromatic heterocycles. The lowest BCUT2D eigenvalue weighted by molar-refractivity contribution is 0.818. The van der Waals surface area contributed by atoms with Crippen LogP contribution in [0.2, 0.25) is 10.0 Å². The highest BCUT2D eigenvalue weighted by Gasteiger charge is 2.10. The molecule has 0 aliphatic carbocycles. The van der Waals surface area contributed by atoms with Crippen molar-refractivity contribution in [2.75, 3.05) is 0 Å². The monoisotopic (exact) mass is 315 g/mol. The Bertz CT molecular complexity index is 299. The van der Waals surface area contributed by atoms with E-state index in [1.54, 1.807) is 0 Å². The van der Waals surface area contributed by atoms with Gasteiger partial charge in [0.15, 0.2) is 0 Å². The van der Waals surface area contributed by atoms with Gasteiger partial charge in [0.25, 0.3) is 0 Å². The van der Waals surface area contributed by atoms with Crippen LogP contribution in [0.4, 0.5) is 0 Å². The fourth-order valence-corrected chi connectivity index (χ4v) is 2.01. The molecule has 1 nitrogen and oxygen atoms in total. The summed E-state index contributed by atoms with van der Waals surface area (Å²) >= 11 is 14.0. The summed E-state index contributed by atoms with van der Waals surface area (Å²) < 4.78 is 0.948. The lowest BCUT2D eigenvalue weighted by Gasteiger charge is -2.09. The summed E-state index contributed by atoms with van der Waals surface area (Å²) in [6.07, 6.45) is 0. The van der Waals surface area contributed by atoms with Gasteiger partial charge in [-0.25, -0.2) is 0 Å². The Kier molecular flexibility index (Phi) is 3.64. The van der Waals surface area contributed by atoms with Crippen molar-refractivity contribution in [1.29, 1.82) is 0 Å². The molecule has 0 aliphatic heterocycles. The van der Waals surface area contributed by atoms with Crippen molar-refractivity contribution in [2.24, 2.45) is 5.73 Å². The van der Waals surface area contributed by atoms with Crippen LogP contribution >= 0.6 is 45.8 Å². The van der Waals surface area contributed by atoms with Crippen molar-refractivity contribution in [1.82, 2.24) is 0 Å². The molecule has 0 fully saturated rings. The van der Waals surface area contributed by atoms with Gasteiger partial charge < -0.3 is 5.73 Å². The molecule has 1 rings (SSSR count). The molecule has 66 valence electrons. The molecular formula is C8H8Cl2IN. The van der Waals surface area contributed by atoms with Crippen molar-refractivity contribution >= 4 is 45.8 Å². The molecule has 0 aliphatic rings. The minimum Gasteiger partial charge on any atom is -0.324 e. The lowest BCUT2D eigenvalue weighted by atomic mass is 10.1. The quantitative estimate of drug-likeness (QED) is 0.621. The first-order valence-corrected chi connectivity index (χ1v) is 5.26. The van der Waals surface area contributed by atoms with E-state index in [4.69, 9.17) is 28.9 Å². The maximum absolute atomic E-state index is 5.98. The van der Waals surface area contributed by atoms with Gasteiger partial charge in [-0.1, -0.05) is 29.3 Å². The molecule has 0 heterocycles. The summed E-state index contributed by atoms with van der Waals surface area (Å²) in [7, 11) is 0. The molecule has 12 heavy (non-hydrogen) atoms. The summed E-state index contributed by atoms with van der Waals surface area (Å²) in [5, 5.41) is 1.16. The van der Waals surface area contributed by atoms with E-state index < -0.39 is 0 Å². The highest BCUT2D eigenvalue weighted by molar-refractivity contribution is 14.1. The third-order valence-corrected chi connectivity index (χ3v) is 3.67. The van der Waals surface area contributed by atoms with Crippen LogP contribution in [0.5, 0.6) is 0 Å². The zero-order valence-corrected chi connectivity index (χ0v) is 10.1. The Hall–Kier alpha value is 0.490. The standard InChI is InChI=1S/C8H8Cl2IN/c1-4(12)5-2-3-6(11)8(10)7(5)9/h2-4H,12H2,1H3/t4-/m0/s1. The van der Waals surface area contributed by atoms with E-state index in [-0.39, 0.29) is 6.04 Å². The lowest BCUT2D eigenvalue weighted by Crippen LogP contribution is -2.05.